The second kappa shape index (κ2) is 5.53. The highest BCUT2D eigenvalue weighted by Gasteiger charge is 2.37. The number of hydrogen-bond donors (Lipinski definition) is 1. The molecule has 6 rings (SSSR count). The van der Waals surface area contributed by atoms with E-state index in [1.54, 1.807) is 0 Å². The van der Waals surface area contributed by atoms with Crippen LogP contribution in [0.15, 0.2) is 73.3 Å². The van der Waals surface area contributed by atoms with Crippen LogP contribution in [0, 0.1) is 0 Å². The zero-order valence-electron chi connectivity index (χ0n) is 14.4. The Morgan fingerprint density at radius 1 is 0.481 bits per heavy atom. The zero-order valence-corrected chi connectivity index (χ0v) is 14.4. The van der Waals surface area contributed by atoms with Gasteiger partial charge in [0.15, 0.2) is 0 Å². The highest BCUT2D eigenvalue weighted by molar-refractivity contribution is 5.77. The van der Waals surface area contributed by atoms with Gasteiger partial charge in [0.1, 0.15) is 0 Å². The molecule has 128 valence electrons. The number of hydrogen-bond acceptors (Lipinski definition) is 5. The van der Waals surface area contributed by atoms with Crippen molar-refractivity contribution >= 4 is 0 Å². The molecule has 0 unspecified atom stereocenters. The van der Waals surface area contributed by atoms with E-state index >= 15 is 0 Å². The summed E-state index contributed by atoms with van der Waals surface area (Å²) in [4.78, 5) is 18.7. The third kappa shape index (κ3) is 2.03. The summed E-state index contributed by atoms with van der Waals surface area (Å²) in [5, 5.41) is 3.75. The Labute approximate surface area is 156 Å². The summed E-state index contributed by atoms with van der Waals surface area (Å²) in [6, 6.07) is 16.1. The maximum atomic E-state index is 4.67. The van der Waals surface area contributed by atoms with Gasteiger partial charge >= 0.3 is 0 Å². The molecule has 0 bridgehead atoms. The molecule has 2 aliphatic rings. The van der Waals surface area contributed by atoms with Crippen LogP contribution >= 0.6 is 0 Å². The molecule has 27 heavy (non-hydrogen) atoms. The molecule has 4 aromatic rings. The van der Waals surface area contributed by atoms with Crippen molar-refractivity contribution in [1.82, 2.24) is 25.3 Å². The predicted octanol–water partition coefficient (Wildman–Crippen LogP) is 3.70. The quantitative estimate of drug-likeness (QED) is 0.598. The molecule has 4 heterocycles. The van der Waals surface area contributed by atoms with Crippen molar-refractivity contribution in [3.63, 3.8) is 0 Å². The largest absolute Gasteiger partial charge is 0.290 e. The Morgan fingerprint density at radius 2 is 0.778 bits per heavy atom. The molecule has 5 heteroatoms. The van der Waals surface area contributed by atoms with Crippen LogP contribution in [0.25, 0.3) is 22.3 Å². The molecule has 0 fully saturated rings. The first kappa shape index (κ1) is 14.7. The molecule has 5 nitrogen and oxygen atoms in total. The molecule has 0 saturated heterocycles. The summed E-state index contributed by atoms with van der Waals surface area (Å²) in [6.45, 7) is 0. The number of nitrogens with one attached hydrogen (secondary N) is 1. The van der Waals surface area contributed by atoms with Gasteiger partial charge in [0.05, 0.1) is 34.9 Å². The number of pyridine rings is 4. The second-order valence-electron chi connectivity index (χ2n) is 6.78. The van der Waals surface area contributed by atoms with Gasteiger partial charge in [-0.25, -0.2) is 0 Å². The topological polar surface area (TPSA) is 63.6 Å². The molecule has 0 saturated carbocycles. The number of rotatable bonds is 2. The summed E-state index contributed by atoms with van der Waals surface area (Å²) in [7, 11) is 0. The predicted molar refractivity (Wildman–Crippen MR) is 102 cm³/mol. The number of nitrogens with zero attached hydrogens (tertiary/aromatic N) is 4. The van der Waals surface area contributed by atoms with E-state index in [-0.39, 0.29) is 12.1 Å². The second-order valence-corrected chi connectivity index (χ2v) is 6.78. The van der Waals surface area contributed by atoms with Gasteiger partial charge in [-0.15, -0.1) is 0 Å². The minimum Gasteiger partial charge on any atom is -0.290 e. The molecule has 2 aliphatic carbocycles. The maximum absolute atomic E-state index is 4.67. The van der Waals surface area contributed by atoms with E-state index in [1.807, 2.05) is 49.1 Å². The molecule has 0 aromatic carbocycles. The Hall–Kier alpha value is -3.44. The van der Waals surface area contributed by atoms with E-state index in [9.17, 15) is 0 Å². The van der Waals surface area contributed by atoms with Crippen molar-refractivity contribution in [1.29, 1.82) is 0 Å². The smallest absolute Gasteiger partial charge is 0.0945 e. The molecule has 0 radical (unpaired) electrons. The fourth-order valence-corrected chi connectivity index (χ4v) is 4.24. The van der Waals surface area contributed by atoms with Crippen molar-refractivity contribution in [2.24, 2.45) is 0 Å². The van der Waals surface area contributed by atoms with Gasteiger partial charge in [-0.05, 0) is 24.3 Å². The van der Waals surface area contributed by atoms with Gasteiger partial charge in [0.2, 0.25) is 0 Å². The van der Waals surface area contributed by atoms with E-state index < -0.39 is 0 Å². The molecular formula is C22H15N5. The third-order valence-corrected chi connectivity index (χ3v) is 5.36. The summed E-state index contributed by atoms with van der Waals surface area (Å²) < 4.78 is 0. The van der Waals surface area contributed by atoms with Crippen LogP contribution < -0.4 is 5.32 Å². The molecular weight excluding hydrogens is 334 g/mol. The minimum atomic E-state index is -0.0924. The first-order chi connectivity index (χ1) is 13.4. The van der Waals surface area contributed by atoms with E-state index in [2.05, 4.69) is 49.5 Å². The van der Waals surface area contributed by atoms with Crippen molar-refractivity contribution in [2.45, 2.75) is 12.1 Å². The summed E-state index contributed by atoms with van der Waals surface area (Å²) in [6.07, 6.45) is 7.36. The molecule has 0 aliphatic heterocycles. The number of aromatic nitrogens is 4. The van der Waals surface area contributed by atoms with Crippen LogP contribution in [0.5, 0.6) is 0 Å². The summed E-state index contributed by atoms with van der Waals surface area (Å²) in [5.74, 6) is 0. The van der Waals surface area contributed by atoms with Gasteiger partial charge in [0.25, 0.3) is 0 Å². The Kier molecular flexibility index (Phi) is 3.01. The third-order valence-electron chi connectivity index (χ3n) is 5.36. The van der Waals surface area contributed by atoms with Gasteiger partial charge in [-0.2, -0.15) is 0 Å². The highest BCUT2D eigenvalue weighted by atomic mass is 15.1. The fourth-order valence-electron chi connectivity index (χ4n) is 4.24. The van der Waals surface area contributed by atoms with Crippen molar-refractivity contribution in [3.05, 3.63) is 96.1 Å². The van der Waals surface area contributed by atoms with Gasteiger partial charge < -0.3 is 0 Å². The van der Waals surface area contributed by atoms with Gasteiger partial charge in [-0.1, -0.05) is 24.3 Å². The number of fused-ring (bicyclic) bond motifs is 6. The maximum Gasteiger partial charge on any atom is 0.0945 e. The lowest BCUT2D eigenvalue weighted by Crippen LogP contribution is -2.27. The standard InChI is InChI=1S/C22H15N5/c1-5-13-14-6-2-10-24-18(14)21(17(13)23-9-1)27-22-19-15(7-3-11-25-19)16-8-4-12-26-20(16)22/h1-12,21-22,27H. The van der Waals surface area contributed by atoms with Crippen molar-refractivity contribution in [2.75, 3.05) is 0 Å². The van der Waals surface area contributed by atoms with Crippen LogP contribution in [0.3, 0.4) is 0 Å². The van der Waals surface area contributed by atoms with Gasteiger partial charge in [-0.3, -0.25) is 25.3 Å². The van der Waals surface area contributed by atoms with E-state index in [4.69, 9.17) is 0 Å². The normalized spacial score (nSPS) is 14.5. The van der Waals surface area contributed by atoms with Crippen LogP contribution in [-0.4, -0.2) is 19.9 Å². The van der Waals surface area contributed by atoms with Crippen LogP contribution in [0.1, 0.15) is 34.9 Å². The van der Waals surface area contributed by atoms with E-state index in [1.165, 1.54) is 0 Å². The van der Waals surface area contributed by atoms with Gasteiger partial charge in [0, 0.05) is 47.0 Å². The van der Waals surface area contributed by atoms with Crippen LogP contribution in [0.4, 0.5) is 0 Å². The lowest BCUT2D eigenvalue weighted by molar-refractivity contribution is 0.522. The van der Waals surface area contributed by atoms with E-state index in [0.717, 1.165) is 45.0 Å². The van der Waals surface area contributed by atoms with Crippen molar-refractivity contribution in [3.8, 4) is 22.3 Å². The lowest BCUT2D eigenvalue weighted by atomic mass is 10.1. The van der Waals surface area contributed by atoms with Crippen LogP contribution in [0.2, 0.25) is 0 Å². The Morgan fingerprint density at radius 3 is 1.07 bits per heavy atom. The SMILES string of the molecule is c1cnc2c(c1)-c1cccnc1C2NC1c2ncccc2-c2cccnc21. The molecule has 0 atom stereocenters. The Bertz CT molecular complexity index is 1000. The monoisotopic (exact) mass is 349 g/mol. The van der Waals surface area contributed by atoms with Crippen molar-refractivity contribution < 1.29 is 0 Å². The minimum absolute atomic E-state index is 0.0924. The molecule has 0 spiro atoms. The summed E-state index contributed by atoms with van der Waals surface area (Å²) in [5.41, 5.74) is 8.58. The lowest BCUT2D eigenvalue weighted by Gasteiger charge is -2.20. The van der Waals surface area contributed by atoms with E-state index in [0.29, 0.717) is 0 Å². The molecule has 4 aromatic heterocycles. The molecule has 1 N–H and O–H groups in total. The molecule has 0 amide bonds. The fraction of sp³-hybridized carbons (Fsp3) is 0.0909. The first-order valence-corrected chi connectivity index (χ1v) is 8.98. The zero-order chi connectivity index (χ0) is 17.8. The highest BCUT2D eigenvalue weighted by Crippen LogP contribution is 2.46. The average molecular weight is 349 g/mol. The van der Waals surface area contributed by atoms with Crippen LogP contribution in [-0.2, 0) is 0 Å². The summed E-state index contributed by atoms with van der Waals surface area (Å²) >= 11 is 0. The average Bonchev–Trinajstić information content (AvgIpc) is 3.23. The first-order valence-electron chi connectivity index (χ1n) is 8.98. The Balaban J connectivity index is 1.51.